The van der Waals surface area contributed by atoms with Crippen molar-refractivity contribution in [2.24, 2.45) is 18.4 Å². The Morgan fingerprint density at radius 1 is 1.00 bits per heavy atom. The average Bonchev–Trinajstić information content (AvgIpc) is 3.50. The largest absolute Gasteiger partial charge is 0.343 e. The van der Waals surface area contributed by atoms with Crippen molar-refractivity contribution in [2.75, 3.05) is 26.2 Å². The summed E-state index contributed by atoms with van der Waals surface area (Å²) in [6.45, 7) is 9.59. The van der Waals surface area contributed by atoms with Crippen LogP contribution in [0.1, 0.15) is 73.8 Å². The van der Waals surface area contributed by atoms with Crippen molar-refractivity contribution in [3.8, 4) is 0 Å². The van der Waals surface area contributed by atoms with E-state index in [4.69, 9.17) is 0 Å². The molecule has 0 atom stereocenters. The molecule has 2 fully saturated rings. The molecule has 5 rings (SSSR count). The maximum atomic E-state index is 13.3. The van der Waals surface area contributed by atoms with Crippen LogP contribution in [0.5, 0.6) is 0 Å². The zero-order chi connectivity index (χ0) is 24.1. The molecule has 2 aliphatic heterocycles. The molecule has 6 heteroatoms. The van der Waals surface area contributed by atoms with Crippen molar-refractivity contribution in [3.05, 3.63) is 52.8 Å². The lowest BCUT2D eigenvalue weighted by Crippen LogP contribution is -2.45. The first-order valence-electron chi connectivity index (χ1n) is 12.8. The Hall–Kier alpha value is -2.63. The summed E-state index contributed by atoms with van der Waals surface area (Å²) in [4.78, 5) is 30.4. The summed E-state index contributed by atoms with van der Waals surface area (Å²) < 4.78 is 1.73. The van der Waals surface area contributed by atoms with Crippen LogP contribution in [-0.4, -0.2) is 57.6 Å². The number of hydrogen-bond donors (Lipinski definition) is 0. The van der Waals surface area contributed by atoms with Gasteiger partial charge in [0.05, 0.1) is 5.69 Å². The second-order valence-corrected chi connectivity index (χ2v) is 11.9. The van der Waals surface area contributed by atoms with Crippen molar-refractivity contribution in [3.63, 3.8) is 0 Å². The van der Waals surface area contributed by atoms with E-state index < -0.39 is 0 Å². The van der Waals surface area contributed by atoms with Crippen LogP contribution in [0.4, 0.5) is 0 Å². The molecule has 2 amide bonds. The van der Waals surface area contributed by atoms with E-state index in [1.165, 1.54) is 11.1 Å². The summed E-state index contributed by atoms with van der Waals surface area (Å²) in [6, 6.07) is 10.6. The van der Waals surface area contributed by atoms with Crippen molar-refractivity contribution in [1.29, 1.82) is 0 Å². The van der Waals surface area contributed by atoms with Gasteiger partial charge in [-0.2, -0.15) is 5.10 Å². The van der Waals surface area contributed by atoms with E-state index >= 15 is 0 Å². The number of likely N-dealkylation sites (tertiary alicyclic amines) is 2. The maximum Gasteiger partial charge on any atom is 0.272 e. The van der Waals surface area contributed by atoms with E-state index in [2.05, 4.69) is 55.0 Å². The molecular weight excluding hydrogens is 424 g/mol. The van der Waals surface area contributed by atoms with Crippen molar-refractivity contribution in [1.82, 2.24) is 19.6 Å². The van der Waals surface area contributed by atoms with Gasteiger partial charge in [-0.05, 0) is 60.6 Å². The zero-order valence-corrected chi connectivity index (χ0v) is 21.1. The molecule has 0 saturated carbocycles. The molecule has 0 radical (unpaired) electrons. The van der Waals surface area contributed by atoms with Crippen molar-refractivity contribution >= 4 is 11.8 Å². The Labute approximate surface area is 203 Å². The topological polar surface area (TPSA) is 58.4 Å². The van der Waals surface area contributed by atoms with E-state index in [0.717, 1.165) is 64.0 Å². The van der Waals surface area contributed by atoms with Crippen LogP contribution in [0.15, 0.2) is 30.3 Å². The van der Waals surface area contributed by atoms with E-state index in [0.29, 0.717) is 23.9 Å². The third-order valence-electron chi connectivity index (χ3n) is 8.37. The monoisotopic (exact) mass is 462 g/mol. The van der Waals surface area contributed by atoms with E-state index in [-0.39, 0.29) is 16.7 Å². The Kier molecular flexibility index (Phi) is 5.81. The fourth-order valence-electron chi connectivity index (χ4n) is 6.11. The lowest BCUT2D eigenvalue weighted by molar-refractivity contribution is -0.134. The van der Waals surface area contributed by atoms with Gasteiger partial charge in [-0.15, -0.1) is 0 Å². The van der Waals surface area contributed by atoms with Gasteiger partial charge in [0, 0.05) is 45.1 Å². The SMILES string of the molecule is Cn1nc(C(C)(C)C)cc1C(=O)N1CCC2(CCN(C(=O)CC3Cc4ccccc4C3)CC2)C1. The summed E-state index contributed by atoms with van der Waals surface area (Å²) in [5.41, 5.74) is 4.52. The van der Waals surface area contributed by atoms with Gasteiger partial charge in [0.2, 0.25) is 5.91 Å². The van der Waals surface area contributed by atoms with Gasteiger partial charge >= 0.3 is 0 Å². The number of hydrogen-bond acceptors (Lipinski definition) is 3. The molecule has 1 aliphatic carbocycles. The Morgan fingerprint density at radius 3 is 2.15 bits per heavy atom. The molecular formula is C28H38N4O2. The summed E-state index contributed by atoms with van der Waals surface area (Å²) in [5, 5.41) is 4.59. The van der Waals surface area contributed by atoms with Crippen LogP contribution >= 0.6 is 0 Å². The molecule has 2 aromatic rings. The molecule has 34 heavy (non-hydrogen) atoms. The minimum atomic E-state index is -0.0802. The summed E-state index contributed by atoms with van der Waals surface area (Å²) in [6.07, 6.45) is 5.73. The number of fused-ring (bicyclic) bond motifs is 1. The highest BCUT2D eigenvalue weighted by molar-refractivity contribution is 5.93. The minimum absolute atomic E-state index is 0.0802. The summed E-state index contributed by atoms with van der Waals surface area (Å²) in [7, 11) is 1.86. The number of aryl methyl sites for hydroxylation is 1. The van der Waals surface area contributed by atoms with E-state index in [1.54, 1.807) is 4.68 Å². The van der Waals surface area contributed by atoms with Gasteiger partial charge in [-0.1, -0.05) is 45.0 Å². The second kappa shape index (κ2) is 8.54. The van der Waals surface area contributed by atoms with Crippen LogP contribution in [0.2, 0.25) is 0 Å². The number of aromatic nitrogens is 2. The number of rotatable bonds is 3. The number of carbonyl (C=O) groups is 2. The van der Waals surface area contributed by atoms with Gasteiger partial charge < -0.3 is 9.80 Å². The number of piperidine rings is 1. The van der Waals surface area contributed by atoms with Gasteiger partial charge in [0.25, 0.3) is 5.91 Å². The normalized spacial score (nSPS) is 20.2. The van der Waals surface area contributed by atoms with Gasteiger partial charge in [0.1, 0.15) is 5.69 Å². The lowest BCUT2D eigenvalue weighted by Gasteiger charge is -2.39. The standard InChI is InChI=1S/C28H38N4O2/c1-27(2,3)24-18-23(30(4)29-24)26(34)32-14-11-28(19-32)9-12-31(13-10-28)25(33)17-20-15-21-7-5-6-8-22(21)16-20/h5-8,18,20H,9-17,19H2,1-4H3. The molecule has 1 spiro atoms. The molecule has 0 unspecified atom stereocenters. The molecule has 3 heterocycles. The highest BCUT2D eigenvalue weighted by Crippen LogP contribution is 2.41. The van der Waals surface area contributed by atoms with Gasteiger partial charge in [-0.25, -0.2) is 0 Å². The fraction of sp³-hybridized carbons (Fsp3) is 0.607. The van der Waals surface area contributed by atoms with Crippen molar-refractivity contribution < 1.29 is 9.59 Å². The Morgan fingerprint density at radius 2 is 1.59 bits per heavy atom. The minimum Gasteiger partial charge on any atom is -0.343 e. The Bertz CT molecular complexity index is 1060. The molecule has 3 aliphatic rings. The maximum absolute atomic E-state index is 13.3. The number of benzene rings is 1. The summed E-state index contributed by atoms with van der Waals surface area (Å²) >= 11 is 0. The molecule has 6 nitrogen and oxygen atoms in total. The number of nitrogens with zero attached hydrogens (tertiary/aromatic N) is 4. The van der Waals surface area contributed by atoms with E-state index in [9.17, 15) is 9.59 Å². The Balaban J connectivity index is 1.15. The second-order valence-electron chi connectivity index (χ2n) is 11.9. The van der Waals surface area contributed by atoms with Crippen LogP contribution in [-0.2, 0) is 30.1 Å². The van der Waals surface area contributed by atoms with Crippen molar-refractivity contribution in [2.45, 2.75) is 64.7 Å². The molecule has 1 aromatic heterocycles. The zero-order valence-electron chi connectivity index (χ0n) is 21.1. The molecule has 0 N–H and O–H groups in total. The molecule has 182 valence electrons. The third-order valence-corrected chi connectivity index (χ3v) is 8.37. The molecule has 2 saturated heterocycles. The van der Waals surface area contributed by atoms with Crippen LogP contribution in [0, 0.1) is 11.3 Å². The quantitative estimate of drug-likeness (QED) is 0.693. The highest BCUT2D eigenvalue weighted by atomic mass is 16.2. The molecule has 1 aromatic carbocycles. The average molecular weight is 463 g/mol. The van der Waals surface area contributed by atoms with E-state index in [1.807, 2.05) is 18.0 Å². The number of amides is 2. The predicted molar refractivity (Wildman–Crippen MR) is 133 cm³/mol. The van der Waals surface area contributed by atoms with Crippen LogP contribution in [0.3, 0.4) is 0 Å². The summed E-state index contributed by atoms with van der Waals surface area (Å²) in [5.74, 6) is 0.835. The highest BCUT2D eigenvalue weighted by Gasteiger charge is 2.43. The van der Waals surface area contributed by atoms with Crippen LogP contribution < -0.4 is 0 Å². The smallest absolute Gasteiger partial charge is 0.272 e. The van der Waals surface area contributed by atoms with Crippen LogP contribution in [0.25, 0.3) is 0 Å². The predicted octanol–water partition coefficient (Wildman–Crippen LogP) is 3.98. The number of carbonyl (C=O) groups excluding carboxylic acids is 2. The fourth-order valence-corrected chi connectivity index (χ4v) is 6.11. The first kappa shape index (κ1) is 23.1. The first-order chi connectivity index (χ1) is 16.1. The third kappa shape index (κ3) is 4.39. The first-order valence-corrected chi connectivity index (χ1v) is 12.8. The van der Waals surface area contributed by atoms with Gasteiger partial charge in [0.15, 0.2) is 0 Å². The van der Waals surface area contributed by atoms with Gasteiger partial charge in [-0.3, -0.25) is 14.3 Å². The lowest BCUT2D eigenvalue weighted by atomic mass is 9.77. The molecule has 0 bridgehead atoms.